The zero-order valence-electron chi connectivity index (χ0n) is 9.59. The van der Waals surface area contributed by atoms with E-state index in [0.29, 0.717) is 5.56 Å². The summed E-state index contributed by atoms with van der Waals surface area (Å²) in [7, 11) is 0. The lowest BCUT2D eigenvalue weighted by Crippen LogP contribution is -2.51. The van der Waals surface area contributed by atoms with E-state index in [4.69, 9.17) is 0 Å². The molecule has 0 bridgehead atoms. The number of H-pyrrole nitrogens is 1. The second kappa shape index (κ2) is 3.72. The van der Waals surface area contributed by atoms with Crippen molar-refractivity contribution in [3.8, 4) is 11.5 Å². The molecule has 0 spiro atoms. The average molecular weight is 221 g/mol. The molecule has 6 N–H and O–H groups in total. The van der Waals surface area contributed by atoms with Gasteiger partial charge in [0.05, 0.1) is 12.1 Å². The lowest BCUT2D eigenvalue weighted by Gasteiger charge is -2.08. The van der Waals surface area contributed by atoms with Crippen LogP contribution in [0.15, 0.2) is 6.20 Å². The molecule has 0 aliphatic carbocycles. The van der Waals surface area contributed by atoms with E-state index in [1.54, 1.807) is 6.92 Å². The van der Waals surface area contributed by atoms with E-state index in [0.717, 1.165) is 35.0 Å². The van der Waals surface area contributed by atoms with E-state index in [-0.39, 0.29) is 11.5 Å². The fourth-order valence-corrected chi connectivity index (χ4v) is 2.17. The Hall–Kier alpha value is -1.68. The van der Waals surface area contributed by atoms with Crippen molar-refractivity contribution in [2.24, 2.45) is 0 Å². The molecule has 4 heteroatoms. The largest absolute Gasteiger partial charge is 0.504 e. The quantitative estimate of drug-likeness (QED) is 0.570. The number of quaternary nitrogens is 1. The molecule has 4 nitrogen and oxygen atoms in total. The maximum atomic E-state index is 9.82. The van der Waals surface area contributed by atoms with Crippen LogP contribution in [0.1, 0.15) is 16.7 Å². The predicted octanol–water partition coefficient (Wildman–Crippen LogP) is 0.980. The summed E-state index contributed by atoms with van der Waals surface area (Å²) in [5.41, 5.74) is 7.29. The number of phenolic OH excluding ortho intramolecular Hbond substituents is 2. The summed E-state index contributed by atoms with van der Waals surface area (Å²) in [6.45, 7) is 4.42. The highest BCUT2D eigenvalue weighted by molar-refractivity contribution is 5.93. The number of nitrogens with one attached hydrogen (secondary N) is 1. The molecule has 86 valence electrons. The molecule has 0 saturated heterocycles. The topological polar surface area (TPSA) is 83.9 Å². The molecule has 0 radical (unpaired) electrons. The molecule has 0 atom stereocenters. The van der Waals surface area contributed by atoms with Gasteiger partial charge in [0, 0.05) is 29.1 Å². The molecule has 0 unspecified atom stereocenters. The van der Waals surface area contributed by atoms with Crippen LogP contribution in [-0.2, 0) is 6.42 Å². The first-order chi connectivity index (χ1) is 7.57. The first kappa shape index (κ1) is 10.8. The van der Waals surface area contributed by atoms with Crippen LogP contribution >= 0.6 is 0 Å². The summed E-state index contributed by atoms with van der Waals surface area (Å²) in [4.78, 5) is 3.15. The van der Waals surface area contributed by atoms with Crippen LogP contribution in [0.3, 0.4) is 0 Å². The highest BCUT2D eigenvalue weighted by Gasteiger charge is 2.17. The summed E-state index contributed by atoms with van der Waals surface area (Å²) in [5.74, 6) is -0.0528. The van der Waals surface area contributed by atoms with Gasteiger partial charge in [0.2, 0.25) is 0 Å². The van der Waals surface area contributed by atoms with Gasteiger partial charge < -0.3 is 20.9 Å². The zero-order chi connectivity index (χ0) is 11.9. The number of phenols is 2. The number of aryl methyl sites for hydroxylation is 2. The standard InChI is InChI=1S/C12H16N2O2/c1-6-9-8(3-4-13)5-14-10(9)7(2)12(16)11(6)15/h5,14-16H,3-4,13H2,1-2H3/p+1. The molecular weight excluding hydrogens is 204 g/mol. The number of benzene rings is 1. The van der Waals surface area contributed by atoms with Gasteiger partial charge in [0.1, 0.15) is 0 Å². The number of aromatic amines is 1. The number of aromatic hydroxyl groups is 2. The van der Waals surface area contributed by atoms with Gasteiger partial charge in [-0.15, -0.1) is 0 Å². The van der Waals surface area contributed by atoms with Crippen molar-refractivity contribution in [2.45, 2.75) is 20.3 Å². The van der Waals surface area contributed by atoms with Gasteiger partial charge in [0.15, 0.2) is 11.5 Å². The summed E-state index contributed by atoms with van der Waals surface area (Å²) in [5, 5.41) is 20.6. The third-order valence-electron chi connectivity index (χ3n) is 3.09. The summed E-state index contributed by atoms with van der Waals surface area (Å²) >= 11 is 0. The van der Waals surface area contributed by atoms with E-state index in [9.17, 15) is 10.2 Å². The van der Waals surface area contributed by atoms with E-state index in [1.807, 2.05) is 13.1 Å². The number of hydrogen-bond donors (Lipinski definition) is 4. The van der Waals surface area contributed by atoms with E-state index in [1.165, 1.54) is 0 Å². The number of hydrogen-bond acceptors (Lipinski definition) is 2. The van der Waals surface area contributed by atoms with Crippen molar-refractivity contribution < 1.29 is 15.9 Å². The Morgan fingerprint density at radius 2 is 1.81 bits per heavy atom. The van der Waals surface area contributed by atoms with Crippen LogP contribution < -0.4 is 5.73 Å². The Morgan fingerprint density at radius 1 is 1.19 bits per heavy atom. The van der Waals surface area contributed by atoms with Crippen molar-refractivity contribution in [1.29, 1.82) is 0 Å². The van der Waals surface area contributed by atoms with Crippen LogP contribution in [0.5, 0.6) is 11.5 Å². The van der Waals surface area contributed by atoms with Crippen molar-refractivity contribution in [1.82, 2.24) is 4.98 Å². The summed E-state index contributed by atoms with van der Waals surface area (Å²) < 4.78 is 0. The number of fused-ring (bicyclic) bond motifs is 1. The average Bonchev–Trinajstić information content (AvgIpc) is 2.68. The SMILES string of the molecule is Cc1c(O)c(O)c(C)c2c(CC[NH3+])c[nH]c12. The van der Waals surface area contributed by atoms with Crippen LogP contribution in [0.25, 0.3) is 10.9 Å². The molecule has 0 aliphatic heterocycles. The Kier molecular flexibility index (Phi) is 2.52. The van der Waals surface area contributed by atoms with Gasteiger partial charge in [-0.05, 0) is 19.4 Å². The Labute approximate surface area is 93.7 Å². The molecule has 0 aliphatic rings. The summed E-state index contributed by atoms with van der Waals surface area (Å²) in [6.07, 6.45) is 2.79. The van der Waals surface area contributed by atoms with Crippen LogP contribution in [0, 0.1) is 13.8 Å². The fourth-order valence-electron chi connectivity index (χ4n) is 2.17. The molecule has 16 heavy (non-hydrogen) atoms. The molecule has 2 rings (SSSR count). The zero-order valence-corrected chi connectivity index (χ0v) is 9.59. The van der Waals surface area contributed by atoms with Crippen LogP contribution in [0.2, 0.25) is 0 Å². The smallest absolute Gasteiger partial charge is 0.162 e. The van der Waals surface area contributed by atoms with Gasteiger partial charge in [-0.25, -0.2) is 0 Å². The van der Waals surface area contributed by atoms with E-state index < -0.39 is 0 Å². The first-order valence-corrected chi connectivity index (χ1v) is 5.38. The highest BCUT2D eigenvalue weighted by Crippen LogP contribution is 2.40. The molecule has 1 aromatic carbocycles. The van der Waals surface area contributed by atoms with Crippen LogP contribution in [0.4, 0.5) is 0 Å². The lowest BCUT2D eigenvalue weighted by molar-refractivity contribution is -0.366. The van der Waals surface area contributed by atoms with Gasteiger partial charge in [-0.3, -0.25) is 0 Å². The Balaban J connectivity index is 2.83. The van der Waals surface area contributed by atoms with Gasteiger partial charge in [-0.1, -0.05) is 0 Å². The monoisotopic (exact) mass is 221 g/mol. The minimum Gasteiger partial charge on any atom is -0.504 e. The molecule has 0 fully saturated rings. The fraction of sp³-hybridized carbons (Fsp3) is 0.333. The highest BCUT2D eigenvalue weighted by atomic mass is 16.3. The molecule has 0 amide bonds. The van der Waals surface area contributed by atoms with Gasteiger partial charge in [0.25, 0.3) is 0 Å². The Morgan fingerprint density at radius 3 is 2.44 bits per heavy atom. The molecule has 1 heterocycles. The molecule has 0 saturated carbocycles. The minimum absolute atomic E-state index is 0.0186. The summed E-state index contributed by atoms with van der Waals surface area (Å²) in [6, 6.07) is 0. The predicted molar refractivity (Wildman–Crippen MR) is 62.6 cm³/mol. The van der Waals surface area contributed by atoms with Crippen molar-refractivity contribution in [2.75, 3.05) is 6.54 Å². The van der Waals surface area contributed by atoms with Crippen molar-refractivity contribution in [3.05, 3.63) is 22.9 Å². The third-order valence-corrected chi connectivity index (χ3v) is 3.09. The second-order valence-corrected chi connectivity index (χ2v) is 4.11. The maximum absolute atomic E-state index is 9.82. The molecule has 2 aromatic rings. The normalized spacial score (nSPS) is 11.2. The van der Waals surface area contributed by atoms with Crippen LogP contribution in [-0.4, -0.2) is 21.7 Å². The van der Waals surface area contributed by atoms with E-state index >= 15 is 0 Å². The minimum atomic E-state index is -0.0342. The second-order valence-electron chi connectivity index (χ2n) is 4.11. The van der Waals surface area contributed by atoms with Crippen molar-refractivity contribution in [3.63, 3.8) is 0 Å². The lowest BCUT2D eigenvalue weighted by atomic mass is 10.0. The van der Waals surface area contributed by atoms with E-state index in [2.05, 4.69) is 10.7 Å². The third kappa shape index (κ3) is 1.34. The van der Waals surface area contributed by atoms with Gasteiger partial charge in [-0.2, -0.15) is 0 Å². The number of aromatic nitrogens is 1. The molecule has 1 aromatic heterocycles. The van der Waals surface area contributed by atoms with Gasteiger partial charge >= 0.3 is 0 Å². The number of rotatable bonds is 2. The molecular formula is C12H17N2O2+. The van der Waals surface area contributed by atoms with Crippen molar-refractivity contribution >= 4 is 10.9 Å². The maximum Gasteiger partial charge on any atom is 0.162 e. The first-order valence-electron chi connectivity index (χ1n) is 5.38. The Bertz CT molecular complexity index is 544.